The first-order valence-electron chi connectivity index (χ1n) is 7.54. The Morgan fingerprint density at radius 3 is 2.55 bits per heavy atom. The van der Waals surface area contributed by atoms with E-state index in [1.165, 1.54) is 0 Å². The quantitative estimate of drug-likeness (QED) is 0.890. The number of carbonyl (C=O) groups is 2. The first kappa shape index (κ1) is 15.3. The summed E-state index contributed by atoms with van der Waals surface area (Å²) >= 11 is 5.96. The average Bonchev–Trinajstić information content (AvgIpc) is 2.95. The highest BCUT2D eigenvalue weighted by molar-refractivity contribution is 6.30. The molecule has 1 unspecified atom stereocenters. The minimum Gasteiger partial charge on any atom is -0.381 e. The van der Waals surface area contributed by atoms with Gasteiger partial charge in [0.2, 0.25) is 11.8 Å². The van der Waals surface area contributed by atoms with E-state index in [9.17, 15) is 9.59 Å². The van der Waals surface area contributed by atoms with Gasteiger partial charge in [0.15, 0.2) is 0 Å². The molecule has 2 fully saturated rings. The third kappa shape index (κ3) is 3.10. The van der Waals surface area contributed by atoms with Crippen LogP contribution in [0.1, 0.15) is 31.2 Å². The normalized spacial score (nSPS) is 23.9. The van der Waals surface area contributed by atoms with Crippen LogP contribution in [0.2, 0.25) is 5.02 Å². The van der Waals surface area contributed by atoms with Crippen molar-refractivity contribution in [2.45, 2.75) is 37.3 Å². The summed E-state index contributed by atoms with van der Waals surface area (Å²) in [6.07, 6.45) is 2.38. The zero-order chi connectivity index (χ0) is 15.6. The molecule has 1 atom stereocenters. The lowest BCUT2D eigenvalue weighted by molar-refractivity contribution is -0.128. The lowest BCUT2D eigenvalue weighted by Gasteiger charge is -2.39. The number of hydrogen-bond acceptors (Lipinski definition) is 3. The van der Waals surface area contributed by atoms with Crippen molar-refractivity contribution in [3.05, 3.63) is 34.9 Å². The molecule has 1 aromatic carbocycles. The molecule has 5 nitrogen and oxygen atoms in total. The minimum atomic E-state index is -0.451. The van der Waals surface area contributed by atoms with E-state index in [0.717, 1.165) is 5.56 Å². The van der Waals surface area contributed by atoms with Gasteiger partial charge < -0.3 is 15.4 Å². The van der Waals surface area contributed by atoms with E-state index in [1.54, 1.807) is 0 Å². The van der Waals surface area contributed by atoms with Crippen molar-refractivity contribution in [3.63, 3.8) is 0 Å². The Morgan fingerprint density at radius 1 is 1.27 bits per heavy atom. The maximum absolute atomic E-state index is 12.5. The number of carbonyl (C=O) groups excluding carboxylic acids is 2. The fraction of sp³-hybridized carbons (Fsp3) is 0.500. The van der Waals surface area contributed by atoms with Crippen LogP contribution >= 0.6 is 11.6 Å². The van der Waals surface area contributed by atoms with Crippen LogP contribution in [0, 0.1) is 0 Å². The van der Waals surface area contributed by atoms with Crippen LogP contribution in [-0.2, 0) is 19.9 Å². The van der Waals surface area contributed by atoms with Gasteiger partial charge in [-0.15, -0.1) is 0 Å². The maximum Gasteiger partial charge on any atom is 0.243 e. The summed E-state index contributed by atoms with van der Waals surface area (Å²) in [4.78, 5) is 23.8. The molecule has 6 heteroatoms. The van der Waals surface area contributed by atoms with Crippen molar-refractivity contribution in [3.8, 4) is 0 Å². The number of nitrogens with one attached hydrogen (secondary N) is 2. The molecular weight excluding hydrogens is 304 g/mol. The Hall–Kier alpha value is -1.59. The number of amides is 2. The maximum atomic E-state index is 12.5. The van der Waals surface area contributed by atoms with Crippen molar-refractivity contribution >= 4 is 23.4 Å². The van der Waals surface area contributed by atoms with Crippen LogP contribution in [0.25, 0.3) is 0 Å². The second-order valence-corrected chi connectivity index (χ2v) is 6.29. The molecule has 2 N–H and O–H groups in total. The van der Waals surface area contributed by atoms with Gasteiger partial charge in [-0.25, -0.2) is 0 Å². The largest absolute Gasteiger partial charge is 0.381 e. The molecule has 2 saturated heterocycles. The number of rotatable bonds is 3. The predicted octanol–water partition coefficient (Wildman–Crippen LogP) is 1.74. The van der Waals surface area contributed by atoms with E-state index in [2.05, 4.69) is 10.6 Å². The Balaban J connectivity index is 1.81. The number of ether oxygens (including phenoxy) is 1. The molecule has 0 aliphatic carbocycles. The van der Waals surface area contributed by atoms with E-state index >= 15 is 0 Å². The van der Waals surface area contributed by atoms with Gasteiger partial charge in [-0.3, -0.25) is 9.59 Å². The van der Waals surface area contributed by atoms with Crippen LogP contribution in [0.15, 0.2) is 24.3 Å². The summed E-state index contributed by atoms with van der Waals surface area (Å²) in [7, 11) is 0. The Morgan fingerprint density at radius 2 is 1.95 bits per heavy atom. The molecule has 0 saturated carbocycles. The van der Waals surface area contributed by atoms with E-state index in [0.29, 0.717) is 43.9 Å². The number of benzene rings is 1. The third-order valence-electron chi connectivity index (χ3n) is 4.42. The lowest BCUT2D eigenvalue weighted by Crippen LogP contribution is -2.54. The highest BCUT2D eigenvalue weighted by Crippen LogP contribution is 2.33. The van der Waals surface area contributed by atoms with E-state index in [4.69, 9.17) is 16.3 Å². The van der Waals surface area contributed by atoms with Crippen molar-refractivity contribution in [2.24, 2.45) is 0 Å². The molecule has 3 rings (SSSR count). The van der Waals surface area contributed by atoms with Crippen molar-refractivity contribution < 1.29 is 14.3 Å². The van der Waals surface area contributed by atoms with Gasteiger partial charge in [0.25, 0.3) is 0 Å². The molecule has 1 aromatic rings. The van der Waals surface area contributed by atoms with Gasteiger partial charge in [0.05, 0.1) is 5.54 Å². The van der Waals surface area contributed by atoms with Gasteiger partial charge in [-0.05, 0) is 37.0 Å². The first-order chi connectivity index (χ1) is 10.6. The molecule has 2 heterocycles. The Kier molecular flexibility index (Phi) is 4.36. The smallest absolute Gasteiger partial charge is 0.243 e. The molecule has 0 spiro atoms. The third-order valence-corrected chi connectivity index (χ3v) is 4.67. The molecule has 2 amide bonds. The lowest BCUT2D eigenvalue weighted by atomic mass is 9.82. The molecule has 2 aliphatic rings. The Labute approximate surface area is 134 Å². The molecular formula is C16H19ClN2O3. The van der Waals surface area contributed by atoms with E-state index in [-0.39, 0.29) is 11.8 Å². The van der Waals surface area contributed by atoms with E-state index in [1.807, 2.05) is 24.3 Å². The summed E-state index contributed by atoms with van der Waals surface area (Å²) < 4.78 is 5.45. The van der Waals surface area contributed by atoms with E-state index < -0.39 is 11.6 Å². The van der Waals surface area contributed by atoms with Gasteiger partial charge in [0.1, 0.15) is 6.04 Å². The summed E-state index contributed by atoms with van der Waals surface area (Å²) in [5, 5.41) is 6.54. The molecule has 0 aromatic heterocycles. The summed E-state index contributed by atoms with van der Waals surface area (Å²) in [6.45, 7) is 1.19. The number of hydrogen-bond donors (Lipinski definition) is 2. The monoisotopic (exact) mass is 322 g/mol. The minimum absolute atomic E-state index is 0.0623. The molecule has 2 aliphatic heterocycles. The predicted molar refractivity (Wildman–Crippen MR) is 82.5 cm³/mol. The summed E-state index contributed by atoms with van der Waals surface area (Å²) in [6, 6.07) is 7.12. The standard InChI is InChI=1S/C16H19ClN2O3/c17-12-3-1-11(2-4-12)16(7-9-22-10-8-16)19-15(21)13-5-6-14(20)18-13/h1-4,13H,5-10H2,(H,18,20)(H,19,21). The molecule has 22 heavy (non-hydrogen) atoms. The van der Waals surface area contributed by atoms with Crippen molar-refractivity contribution in [1.29, 1.82) is 0 Å². The van der Waals surface area contributed by atoms with Gasteiger partial charge in [-0.1, -0.05) is 23.7 Å². The average molecular weight is 323 g/mol. The summed E-state index contributed by atoms with van der Waals surface area (Å²) in [5.74, 6) is -0.185. The van der Waals surface area contributed by atoms with Crippen LogP contribution in [0.4, 0.5) is 0 Å². The zero-order valence-corrected chi connectivity index (χ0v) is 13.0. The highest BCUT2D eigenvalue weighted by Gasteiger charge is 2.38. The zero-order valence-electron chi connectivity index (χ0n) is 12.2. The fourth-order valence-electron chi connectivity index (χ4n) is 3.11. The highest BCUT2D eigenvalue weighted by atomic mass is 35.5. The molecule has 0 bridgehead atoms. The second-order valence-electron chi connectivity index (χ2n) is 5.85. The van der Waals surface area contributed by atoms with Crippen LogP contribution < -0.4 is 10.6 Å². The SMILES string of the molecule is O=C1CCC(C(=O)NC2(c3ccc(Cl)cc3)CCOCC2)N1. The van der Waals surface area contributed by atoms with Gasteiger partial charge in [0, 0.05) is 24.7 Å². The second kappa shape index (κ2) is 6.26. The van der Waals surface area contributed by atoms with Gasteiger partial charge >= 0.3 is 0 Å². The Bertz CT molecular complexity index is 567. The topological polar surface area (TPSA) is 67.4 Å². The van der Waals surface area contributed by atoms with Crippen LogP contribution in [0.3, 0.4) is 0 Å². The van der Waals surface area contributed by atoms with Crippen molar-refractivity contribution in [2.75, 3.05) is 13.2 Å². The van der Waals surface area contributed by atoms with Crippen LogP contribution in [0.5, 0.6) is 0 Å². The van der Waals surface area contributed by atoms with Gasteiger partial charge in [-0.2, -0.15) is 0 Å². The summed E-state index contributed by atoms with van der Waals surface area (Å²) in [5.41, 5.74) is 0.575. The first-order valence-corrected chi connectivity index (χ1v) is 7.92. The van der Waals surface area contributed by atoms with Crippen LogP contribution in [-0.4, -0.2) is 31.1 Å². The fourth-order valence-corrected chi connectivity index (χ4v) is 3.23. The molecule has 0 radical (unpaired) electrons. The van der Waals surface area contributed by atoms with Crippen molar-refractivity contribution in [1.82, 2.24) is 10.6 Å². The molecule has 118 valence electrons. The number of halogens is 1.